The summed E-state index contributed by atoms with van der Waals surface area (Å²) >= 11 is 0. The van der Waals surface area contributed by atoms with Crippen molar-refractivity contribution in [1.29, 1.82) is 0 Å². The van der Waals surface area contributed by atoms with E-state index < -0.39 is 0 Å². The summed E-state index contributed by atoms with van der Waals surface area (Å²) in [5.41, 5.74) is 2.35. The topological polar surface area (TPSA) is 46.9 Å². The highest BCUT2D eigenvalue weighted by atomic mass is 16.1. The van der Waals surface area contributed by atoms with Crippen LogP contribution in [0.3, 0.4) is 0 Å². The number of fused-ring (bicyclic) bond motifs is 1. The molecule has 1 atom stereocenters. The van der Waals surface area contributed by atoms with Crippen molar-refractivity contribution in [3.8, 4) is 0 Å². The molecule has 0 fully saturated rings. The van der Waals surface area contributed by atoms with Gasteiger partial charge in [0.05, 0.1) is 11.0 Å². The molecule has 1 unspecified atom stereocenters. The second kappa shape index (κ2) is 5.97. The fourth-order valence-electron chi connectivity index (χ4n) is 2.11. The summed E-state index contributed by atoms with van der Waals surface area (Å²) < 4.78 is 1.81. The van der Waals surface area contributed by atoms with Crippen molar-refractivity contribution in [3.05, 3.63) is 40.3 Å². The molecule has 0 aliphatic heterocycles. The number of aromatic nitrogens is 2. The molecule has 1 aromatic heterocycles. The maximum absolute atomic E-state index is 12.2. The molecule has 102 valence electrons. The predicted octanol–water partition coefficient (Wildman–Crippen LogP) is 2.09. The van der Waals surface area contributed by atoms with Gasteiger partial charge in [-0.25, -0.2) is 4.98 Å². The molecule has 1 N–H and O–H groups in total. The standard InChI is InChI=1S/C15H21N3O/c1-4-11(2)16-9-10-18-14-8-6-5-7-13(14)17-12(3)15(18)19/h5-8,11,16H,4,9-10H2,1-3H3. The first-order chi connectivity index (χ1) is 9.13. The first-order valence-electron chi connectivity index (χ1n) is 6.83. The van der Waals surface area contributed by atoms with E-state index in [0.29, 0.717) is 18.3 Å². The molecule has 0 aliphatic carbocycles. The van der Waals surface area contributed by atoms with Crippen molar-refractivity contribution < 1.29 is 0 Å². The lowest BCUT2D eigenvalue weighted by Crippen LogP contribution is -2.33. The zero-order chi connectivity index (χ0) is 13.8. The highest BCUT2D eigenvalue weighted by molar-refractivity contribution is 5.74. The second-order valence-corrected chi connectivity index (χ2v) is 4.91. The highest BCUT2D eigenvalue weighted by Gasteiger charge is 2.07. The number of para-hydroxylation sites is 2. The zero-order valence-electron chi connectivity index (χ0n) is 11.8. The lowest BCUT2D eigenvalue weighted by Gasteiger charge is -2.14. The Morgan fingerprint density at radius 3 is 2.84 bits per heavy atom. The SMILES string of the molecule is CCC(C)NCCn1c(=O)c(C)nc2ccccc21. The summed E-state index contributed by atoms with van der Waals surface area (Å²) in [5.74, 6) is 0. The number of hydrogen-bond donors (Lipinski definition) is 1. The Labute approximate surface area is 113 Å². The van der Waals surface area contributed by atoms with E-state index in [1.54, 1.807) is 6.92 Å². The van der Waals surface area contributed by atoms with E-state index in [1.165, 1.54) is 0 Å². The van der Waals surface area contributed by atoms with Gasteiger partial charge in [0.15, 0.2) is 0 Å². The number of benzene rings is 1. The molecule has 1 aromatic carbocycles. The summed E-state index contributed by atoms with van der Waals surface area (Å²) in [7, 11) is 0. The number of nitrogens with one attached hydrogen (secondary N) is 1. The Balaban J connectivity index is 2.30. The zero-order valence-corrected chi connectivity index (χ0v) is 11.8. The summed E-state index contributed by atoms with van der Waals surface area (Å²) in [6.07, 6.45) is 1.09. The van der Waals surface area contributed by atoms with Gasteiger partial charge in [-0.05, 0) is 32.4 Å². The van der Waals surface area contributed by atoms with Crippen molar-refractivity contribution >= 4 is 11.0 Å². The summed E-state index contributed by atoms with van der Waals surface area (Å²) in [6, 6.07) is 8.26. The molecule has 0 saturated heterocycles. The van der Waals surface area contributed by atoms with Gasteiger partial charge in [-0.2, -0.15) is 0 Å². The fraction of sp³-hybridized carbons (Fsp3) is 0.467. The van der Waals surface area contributed by atoms with Crippen LogP contribution in [-0.2, 0) is 6.54 Å². The van der Waals surface area contributed by atoms with Crippen LogP contribution in [0.2, 0.25) is 0 Å². The first kappa shape index (κ1) is 13.7. The van der Waals surface area contributed by atoms with Crippen LogP contribution in [0.15, 0.2) is 29.1 Å². The Bertz CT molecular complexity index is 618. The van der Waals surface area contributed by atoms with Crippen LogP contribution < -0.4 is 10.9 Å². The number of hydrogen-bond acceptors (Lipinski definition) is 3. The molecule has 4 nitrogen and oxygen atoms in total. The molecule has 0 aliphatic rings. The predicted molar refractivity (Wildman–Crippen MR) is 78.5 cm³/mol. The van der Waals surface area contributed by atoms with E-state index in [2.05, 4.69) is 24.1 Å². The Kier molecular flexibility index (Phi) is 4.32. The van der Waals surface area contributed by atoms with E-state index in [9.17, 15) is 4.79 Å². The molecule has 0 amide bonds. The number of rotatable bonds is 5. The second-order valence-electron chi connectivity index (χ2n) is 4.91. The number of nitrogens with zero attached hydrogens (tertiary/aromatic N) is 2. The van der Waals surface area contributed by atoms with Crippen LogP contribution in [0.25, 0.3) is 11.0 Å². The third-order valence-corrected chi connectivity index (χ3v) is 3.46. The van der Waals surface area contributed by atoms with E-state index in [-0.39, 0.29) is 5.56 Å². The van der Waals surface area contributed by atoms with Crippen LogP contribution >= 0.6 is 0 Å². The minimum absolute atomic E-state index is 0.00431. The average molecular weight is 259 g/mol. The van der Waals surface area contributed by atoms with Gasteiger partial charge < -0.3 is 9.88 Å². The molecule has 19 heavy (non-hydrogen) atoms. The van der Waals surface area contributed by atoms with Crippen LogP contribution in [0.4, 0.5) is 0 Å². The van der Waals surface area contributed by atoms with Crippen LogP contribution in [0.1, 0.15) is 26.0 Å². The quantitative estimate of drug-likeness (QED) is 0.894. The maximum atomic E-state index is 12.2. The molecule has 0 saturated carbocycles. The van der Waals surface area contributed by atoms with E-state index in [1.807, 2.05) is 28.8 Å². The summed E-state index contributed by atoms with van der Waals surface area (Å²) in [6.45, 7) is 7.54. The molecule has 0 spiro atoms. The highest BCUT2D eigenvalue weighted by Crippen LogP contribution is 2.09. The molecule has 1 heterocycles. The number of aryl methyl sites for hydroxylation is 1. The van der Waals surface area contributed by atoms with Crippen LogP contribution in [-0.4, -0.2) is 22.1 Å². The van der Waals surface area contributed by atoms with Gasteiger partial charge >= 0.3 is 0 Å². The van der Waals surface area contributed by atoms with Crippen LogP contribution in [0, 0.1) is 6.92 Å². The molecule has 4 heteroatoms. The molecule has 2 rings (SSSR count). The fourth-order valence-corrected chi connectivity index (χ4v) is 2.11. The van der Waals surface area contributed by atoms with Gasteiger partial charge in [-0.3, -0.25) is 4.79 Å². The molecule has 2 aromatic rings. The minimum Gasteiger partial charge on any atom is -0.312 e. The van der Waals surface area contributed by atoms with Gasteiger partial charge in [0.1, 0.15) is 5.69 Å². The molecular weight excluding hydrogens is 238 g/mol. The third-order valence-electron chi connectivity index (χ3n) is 3.46. The monoisotopic (exact) mass is 259 g/mol. The molecular formula is C15H21N3O. The lowest BCUT2D eigenvalue weighted by atomic mass is 10.2. The van der Waals surface area contributed by atoms with Crippen molar-refractivity contribution in [3.63, 3.8) is 0 Å². The van der Waals surface area contributed by atoms with E-state index >= 15 is 0 Å². The largest absolute Gasteiger partial charge is 0.312 e. The maximum Gasteiger partial charge on any atom is 0.272 e. The average Bonchev–Trinajstić information content (AvgIpc) is 2.42. The third kappa shape index (κ3) is 3.01. The lowest BCUT2D eigenvalue weighted by molar-refractivity contribution is 0.504. The van der Waals surface area contributed by atoms with Crippen LogP contribution in [0.5, 0.6) is 0 Å². The Morgan fingerprint density at radius 2 is 2.11 bits per heavy atom. The van der Waals surface area contributed by atoms with Crippen molar-refractivity contribution in [2.45, 2.75) is 39.8 Å². The van der Waals surface area contributed by atoms with Gasteiger partial charge in [0, 0.05) is 19.1 Å². The minimum atomic E-state index is 0.00431. The summed E-state index contributed by atoms with van der Waals surface area (Å²) in [5, 5.41) is 3.41. The normalized spacial score (nSPS) is 12.8. The first-order valence-corrected chi connectivity index (χ1v) is 6.83. The Morgan fingerprint density at radius 1 is 1.37 bits per heavy atom. The van der Waals surface area contributed by atoms with E-state index in [0.717, 1.165) is 24.0 Å². The van der Waals surface area contributed by atoms with Crippen molar-refractivity contribution in [2.24, 2.45) is 0 Å². The van der Waals surface area contributed by atoms with E-state index in [4.69, 9.17) is 0 Å². The van der Waals surface area contributed by atoms with Crippen molar-refractivity contribution in [1.82, 2.24) is 14.9 Å². The van der Waals surface area contributed by atoms with Gasteiger partial charge in [-0.15, -0.1) is 0 Å². The molecule has 0 radical (unpaired) electrons. The van der Waals surface area contributed by atoms with Gasteiger partial charge in [0.25, 0.3) is 5.56 Å². The molecule has 0 bridgehead atoms. The summed E-state index contributed by atoms with van der Waals surface area (Å²) in [4.78, 5) is 16.5. The van der Waals surface area contributed by atoms with Gasteiger partial charge in [-0.1, -0.05) is 19.1 Å². The smallest absolute Gasteiger partial charge is 0.272 e. The Hall–Kier alpha value is -1.68. The van der Waals surface area contributed by atoms with Crippen molar-refractivity contribution in [2.75, 3.05) is 6.54 Å². The van der Waals surface area contributed by atoms with Gasteiger partial charge in [0.2, 0.25) is 0 Å².